The predicted molar refractivity (Wildman–Crippen MR) is 61.2 cm³/mol. The quantitative estimate of drug-likeness (QED) is 0.494. The number of anilines is 1. The minimum atomic E-state index is -0.0659. The number of aromatic amines is 1. The Morgan fingerprint density at radius 3 is 2.80 bits per heavy atom. The second kappa shape index (κ2) is 4.65. The summed E-state index contributed by atoms with van der Waals surface area (Å²) in [5.74, 6) is 5.72. The second-order valence-corrected chi connectivity index (χ2v) is 3.24. The molecule has 82 valence electrons. The van der Waals surface area contributed by atoms with E-state index in [-0.39, 0.29) is 5.56 Å². The molecule has 1 aromatic rings. The van der Waals surface area contributed by atoms with E-state index >= 15 is 0 Å². The van der Waals surface area contributed by atoms with E-state index in [1.807, 2.05) is 6.92 Å². The summed E-state index contributed by atoms with van der Waals surface area (Å²) in [7, 11) is 0. The van der Waals surface area contributed by atoms with Crippen LogP contribution in [0.2, 0.25) is 0 Å². The highest BCUT2D eigenvalue weighted by molar-refractivity contribution is 5.52. The first-order valence-corrected chi connectivity index (χ1v) is 4.75. The van der Waals surface area contributed by atoms with Crippen LogP contribution in [0.25, 0.3) is 0 Å². The Bertz CT molecular complexity index is 422. The van der Waals surface area contributed by atoms with Gasteiger partial charge < -0.3 is 10.7 Å². The lowest BCUT2D eigenvalue weighted by Gasteiger charge is -2.16. The lowest BCUT2D eigenvalue weighted by atomic mass is 10.2. The molecule has 0 aliphatic heterocycles. The largest absolute Gasteiger partial charge is 0.403 e. The number of pyridine rings is 1. The third-order valence-electron chi connectivity index (χ3n) is 2.19. The average molecular weight is 208 g/mol. The zero-order chi connectivity index (χ0) is 11.4. The van der Waals surface area contributed by atoms with Crippen LogP contribution in [0.5, 0.6) is 0 Å². The van der Waals surface area contributed by atoms with Gasteiger partial charge in [0.15, 0.2) is 0 Å². The van der Waals surface area contributed by atoms with E-state index in [0.29, 0.717) is 12.0 Å². The average Bonchev–Trinajstić information content (AvgIpc) is 2.18. The summed E-state index contributed by atoms with van der Waals surface area (Å²) in [6, 6.07) is 1.77. The number of rotatable bonds is 3. The molecule has 0 saturated heterocycles. The Labute approximate surface area is 88.4 Å². The van der Waals surface area contributed by atoms with Crippen LogP contribution >= 0.6 is 0 Å². The number of H-pyrrole nitrogens is 1. The summed E-state index contributed by atoms with van der Waals surface area (Å²) in [4.78, 5) is 14.2. The highest BCUT2D eigenvalue weighted by Gasteiger charge is 2.06. The lowest BCUT2D eigenvalue weighted by molar-refractivity contribution is 0.982. The molecule has 1 heterocycles. The van der Waals surface area contributed by atoms with Crippen LogP contribution in [0, 0.1) is 6.92 Å². The van der Waals surface area contributed by atoms with Gasteiger partial charge in [0.25, 0.3) is 5.56 Å². The van der Waals surface area contributed by atoms with Crippen molar-refractivity contribution < 1.29 is 0 Å². The summed E-state index contributed by atoms with van der Waals surface area (Å²) >= 11 is 0. The Kier molecular flexibility index (Phi) is 3.51. The van der Waals surface area contributed by atoms with Gasteiger partial charge in [0.1, 0.15) is 0 Å². The third-order valence-corrected chi connectivity index (χ3v) is 2.19. The standard InChI is InChI=1S/C10H16N4O/c1-3-8-6-9(14(12)5-4-11)7(2)13-10(8)15/h4-6H,3,11-12H2,1-2H3,(H,13,15)/b5-4-. The summed E-state index contributed by atoms with van der Waals surface area (Å²) < 4.78 is 0. The van der Waals surface area contributed by atoms with Gasteiger partial charge in [0, 0.05) is 23.7 Å². The molecule has 0 amide bonds. The Morgan fingerprint density at radius 2 is 2.27 bits per heavy atom. The molecule has 15 heavy (non-hydrogen) atoms. The number of aryl methyl sites for hydroxylation is 2. The first kappa shape index (κ1) is 11.3. The molecule has 0 radical (unpaired) electrons. The van der Waals surface area contributed by atoms with Crippen molar-refractivity contribution in [3.05, 3.63) is 40.1 Å². The minimum absolute atomic E-state index is 0.0659. The van der Waals surface area contributed by atoms with Crippen molar-refractivity contribution >= 4 is 5.69 Å². The fraction of sp³-hybridized carbons (Fsp3) is 0.300. The minimum Gasteiger partial charge on any atom is -0.403 e. The number of nitrogens with two attached hydrogens (primary N) is 2. The van der Waals surface area contributed by atoms with Crippen LogP contribution in [0.3, 0.4) is 0 Å². The molecular formula is C10H16N4O. The topological polar surface area (TPSA) is 88.1 Å². The molecule has 0 aliphatic carbocycles. The zero-order valence-electron chi connectivity index (χ0n) is 8.95. The van der Waals surface area contributed by atoms with E-state index in [0.717, 1.165) is 11.4 Å². The number of hydrogen-bond donors (Lipinski definition) is 3. The number of hydrogen-bond acceptors (Lipinski definition) is 4. The van der Waals surface area contributed by atoms with E-state index < -0.39 is 0 Å². The van der Waals surface area contributed by atoms with Gasteiger partial charge >= 0.3 is 0 Å². The van der Waals surface area contributed by atoms with Crippen LogP contribution in [0.15, 0.2) is 23.3 Å². The van der Waals surface area contributed by atoms with Crippen LogP contribution in [0.1, 0.15) is 18.2 Å². The smallest absolute Gasteiger partial charge is 0.251 e. The van der Waals surface area contributed by atoms with Crippen LogP contribution in [-0.4, -0.2) is 4.98 Å². The maximum atomic E-state index is 11.4. The van der Waals surface area contributed by atoms with Crippen molar-refractivity contribution in [3.8, 4) is 0 Å². The Hall–Kier alpha value is -1.75. The van der Waals surface area contributed by atoms with Gasteiger partial charge in [-0.05, 0) is 19.4 Å². The molecule has 0 aromatic carbocycles. The molecule has 0 spiro atoms. The van der Waals surface area contributed by atoms with Gasteiger partial charge in [0.05, 0.1) is 5.69 Å². The van der Waals surface area contributed by atoms with E-state index in [9.17, 15) is 4.79 Å². The van der Waals surface area contributed by atoms with Gasteiger partial charge in [-0.2, -0.15) is 0 Å². The van der Waals surface area contributed by atoms with E-state index in [4.69, 9.17) is 11.6 Å². The molecule has 0 bridgehead atoms. The molecule has 1 aromatic heterocycles. The Morgan fingerprint density at radius 1 is 1.60 bits per heavy atom. The number of aromatic nitrogens is 1. The first-order valence-electron chi connectivity index (χ1n) is 4.75. The van der Waals surface area contributed by atoms with Crippen LogP contribution < -0.4 is 22.1 Å². The highest BCUT2D eigenvalue weighted by Crippen LogP contribution is 2.15. The maximum Gasteiger partial charge on any atom is 0.251 e. The maximum absolute atomic E-state index is 11.4. The van der Waals surface area contributed by atoms with Gasteiger partial charge in [-0.3, -0.25) is 9.80 Å². The molecule has 0 aliphatic rings. The number of nitrogens with one attached hydrogen (secondary N) is 1. The van der Waals surface area contributed by atoms with Gasteiger partial charge in [-0.25, -0.2) is 5.84 Å². The van der Waals surface area contributed by atoms with E-state index in [1.165, 1.54) is 17.4 Å². The summed E-state index contributed by atoms with van der Waals surface area (Å²) in [5, 5.41) is 1.38. The normalized spacial score (nSPS) is 10.9. The lowest BCUT2D eigenvalue weighted by Crippen LogP contribution is -2.27. The van der Waals surface area contributed by atoms with Gasteiger partial charge in [0.2, 0.25) is 0 Å². The van der Waals surface area contributed by atoms with Gasteiger partial charge in [-0.15, -0.1) is 0 Å². The van der Waals surface area contributed by atoms with Crippen molar-refractivity contribution in [2.75, 3.05) is 5.01 Å². The summed E-state index contributed by atoms with van der Waals surface area (Å²) in [6.07, 6.45) is 3.54. The molecule has 0 unspecified atom stereocenters. The molecule has 1 rings (SSSR count). The first-order chi connectivity index (χ1) is 7.10. The molecule has 5 N–H and O–H groups in total. The van der Waals surface area contributed by atoms with Gasteiger partial charge in [-0.1, -0.05) is 6.92 Å². The summed E-state index contributed by atoms with van der Waals surface area (Å²) in [5.41, 5.74) is 7.35. The van der Waals surface area contributed by atoms with Crippen LogP contribution in [-0.2, 0) is 6.42 Å². The molecule has 0 saturated carbocycles. The fourth-order valence-electron chi connectivity index (χ4n) is 1.36. The number of hydrazine groups is 1. The number of nitrogens with zero attached hydrogens (tertiary/aromatic N) is 1. The van der Waals surface area contributed by atoms with Crippen molar-refractivity contribution in [2.24, 2.45) is 11.6 Å². The van der Waals surface area contributed by atoms with Crippen molar-refractivity contribution in [1.82, 2.24) is 4.98 Å². The second-order valence-electron chi connectivity index (χ2n) is 3.24. The fourth-order valence-corrected chi connectivity index (χ4v) is 1.36. The van der Waals surface area contributed by atoms with Crippen molar-refractivity contribution in [2.45, 2.75) is 20.3 Å². The SMILES string of the molecule is CCc1cc(N(N)/C=C\N)c(C)[nH]c1=O. The monoisotopic (exact) mass is 208 g/mol. The molecule has 5 heteroatoms. The van der Waals surface area contributed by atoms with E-state index in [2.05, 4.69) is 4.98 Å². The molecule has 5 nitrogen and oxygen atoms in total. The Balaban J connectivity index is 3.24. The highest BCUT2D eigenvalue weighted by atomic mass is 16.1. The molecular weight excluding hydrogens is 192 g/mol. The molecule has 0 fully saturated rings. The van der Waals surface area contributed by atoms with Crippen LogP contribution in [0.4, 0.5) is 5.69 Å². The van der Waals surface area contributed by atoms with Crippen molar-refractivity contribution in [1.29, 1.82) is 0 Å². The van der Waals surface area contributed by atoms with E-state index in [1.54, 1.807) is 13.0 Å². The van der Waals surface area contributed by atoms with Crippen molar-refractivity contribution in [3.63, 3.8) is 0 Å². The molecule has 0 atom stereocenters. The third kappa shape index (κ3) is 2.38. The predicted octanol–water partition coefficient (Wildman–Crippen LogP) is 0.356. The summed E-state index contributed by atoms with van der Waals surface area (Å²) in [6.45, 7) is 3.71. The zero-order valence-corrected chi connectivity index (χ0v) is 8.95.